The normalized spacial score (nSPS) is 13.8. The first-order valence-electron chi connectivity index (χ1n) is 8.79. The molecule has 28 heavy (non-hydrogen) atoms. The van der Waals surface area contributed by atoms with Gasteiger partial charge >= 0.3 is 0 Å². The maximum atomic E-state index is 12.2. The van der Waals surface area contributed by atoms with Crippen molar-refractivity contribution in [2.24, 2.45) is 0 Å². The number of carbonyl (C=O) groups excluding carboxylic acids is 2. The van der Waals surface area contributed by atoms with Gasteiger partial charge in [-0.1, -0.05) is 23.7 Å². The van der Waals surface area contributed by atoms with Crippen molar-refractivity contribution in [1.29, 1.82) is 0 Å². The van der Waals surface area contributed by atoms with Crippen LogP contribution in [0.25, 0.3) is 0 Å². The highest BCUT2D eigenvalue weighted by Gasteiger charge is 2.23. The van der Waals surface area contributed by atoms with Crippen molar-refractivity contribution < 1.29 is 18.0 Å². The summed E-state index contributed by atoms with van der Waals surface area (Å²) in [6.45, 7) is -0.0669. The average Bonchev–Trinajstić information content (AvgIpc) is 3.46. The molecule has 0 aliphatic heterocycles. The highest BCUT2D eigenvalue weighted by Crippen LogP contribution is 2.20. The van der Waals surface area contributed by atoms with Gasteiger partial charge in [-0.25, -0.2) is 13.1 Å². The van der Waals surface area contributed by atoms with Crippen molar-refractivity contribution in [3.63, 3.8) is 0 Å². The topological polar surface area (TPSA) is 104 Å². The number of rotatable bonds is 8. The summed E-state index contributed by atoms with van der Waals surface area (Å²) >= 11 is 5.81. The molecule has 2 amide bonds. The molecule has 0 radical (unpaired) electrons. The van der Waals surface area contributed by atoms with E-state index >= 15 is 0 Å². The molecule has 1 fully saturated rings. The van der Waals surface area contributed by atoms with Gasteiger partial charge in [-0.3, -0.25) is 9.59 Å². The molecule has 7 nitrogen and oxygen atoms in total. The molecule has 0 aromatic heterocycles. The van der Waals surface area contributed by atoms with Crippen LogP contribution >= 0.6 is 11.6 Å². The summed E-state index contributed by atoms with van der Waals surface area (Å²) in [5.41, 5.74) is 0.942. The maximum Gasteiger partial charge on any atom is 0.251 e. The van der Waals surface area contributed by atoms with Crippen LogP contribution < -0.4 is 15.4 Å². The van der Waals surface area contributed by atoms with Gasteiger partial charge in [0.05, 0.1) is 4.90 Å². The largest absolute Gasteiger partial charge is 0.349 e. The van der Waals surface area contributed by atoms with Gasteiger partial charge in [0.2, 0.25) is 15.9 Å². The van der Waals surface area contributed by atoms with Crippen LogP contribution in [0.4, 0.5) is 5.69 Å². The predicted octanol–water partition coefficient (Wildman–Crippen LogP) is 2.54. The quantitative estimate of drug-likeness (QED) is 0.609. The Bertz CT molecular complexity index is 990. The molecule has 3 N–H and O–H groups in total. The lowest BCUT2D eigenvalue weighted by atomic mass is 10.2. The average molecular weight is 422 g/mol. The molecule has 148 valence electrons. The number of hydrogen-bond donors (Lipinski definition) is 3. The zero-order valence-corrected chi connectivity index (χ0v) is 16.5. The Morgan fingerprint density at radius 1 is 1.07 bits per heavy atom. The molecule has 0 spiro atoms. The second kappa shape index (κ2) is 8.72. The number of nitrogens with one attached hydrogen (secondary N) is 3. The summed E-state index contributed by atoms with van der Waals surface area (Å²) in [6.07, 6.45) is 1.93. The number of sulfonamides is 1. The summed E-state index contributed by atoms with van der Waals surface area (Å²) in [4.78, 5) is 24.2. The Balaban J connectivity index is 1.51. The van der Waals surface area contributed by atoms with E-state index < -0.39 is 10.0 Å². The molecule has 0 atom stereocenters. The van der Waals surface area contributed by atoms with Crippen LogP contribution in [0.3, 0.4) is 0 Å². The third-order valence-electron chi connectivity index (χ3n) is 4.07. The van der Waals surface area contributed by atoms with E-state index in [0.29, 0.717) is 16.3 Å². The molecule has 9 heteroatoms. The van der Waals surface area contributed by atoms with Crippen molar-refractivity contribution in [3.8, 4) is 0 Å². The van der Waals surface area contributed by atoms with Crippen LogP contribution in [0.2, 0.25) is 5.02 Å². The van der Waals surface area contributed by atoms with E-state index in [-0.39, 0.29) is 35.7 Å². The van der Waals surface area contributed by atoms with Gasteiger partial charge in [0.1, 0.15) is 0 Å². The smallest absolute Gasteiger partial charge is 0.251 e. The summed E-state index contributed by atoms with van der Waals surface area (Å²) in [6, 6.07) is 12.7. The first kappa shape index (κ1) is 20.3. The van der Waals surface area contributed by atoms with E-state index in [9.17, 15) is 18.0 Å². The number of amides is 2. The molecule has 1 aliphatic carbocycles. The van der Waals surface area contributed by atoms with Crippen LogP contribution in [0.15, 0.2) is 53.4 Å². The fourth-order valence-electron chi connectivity index (χ4n) is 2.47. The van der Waals surface area contributed by atoms with E-state index in [4.69, 9.17) is 11.6 Å². The molecule has 0 bridgehead atoms. The standard InChI is InChI=1S/C19H20ClN3O4S/c20-14-4-2-6-17(12-14)28(26,27)21-10-9-18(24)22-16-5-1-3-13(11-16)19(25)23-15-7-8-15/h1-6,11-12,15,21H,7-10H2,(H,22,24)(H,23,25). The summed E-state index contributed by atoms with van der Waals surface area (Å²) < 4.78 is 26.7. The number of hydrogen-bond acceptors (Lipinski definition) is 4. The Labute approximate surface area is 168 Å². The number of carbonyl (C=O) groups is 2. The minimum Gasteiger partial charge on any atom is -0.349 e. The molecule has 0 heterocycles. The Morgan fingerprint density at radius 3 is 2.54 bits per heavy atom. The molecule has 0 saturated heterocycles. The Hall–Kier alpha value is -2.42. The van der Waals surface area contributed by atoms with Crippen molar-refractivity contribution in [2.75, 3.05) is 11.9 Å². The minimum atomic E-state index is -3.74. The first-order valence-corrected chi connectivity index (χ1v) is 10.7. The fourth-order valence-corrected chi connectivity index (χ4v) is 3.81. The SMILES string of the molecule is O=C(CCNS(=O)(=O)c1cccc(Cl)c1)Nc1cccc(C(=O)NC2CC2)c1. The van der Waals surface area contributed by atoms with E-state index in [1.165, 1.54) is 18.2 Å². The van der Waals surface area contributed by atoms with Crippen molar-refractivity contribution in [1.82, 2.24) is 10.0 Å². The summed E-state index contributed by atoms with van der Waals surface area (Å²) in [5.74, 6) is -0.540. The summed E-state index contributed by atoms with van der Waals surface area (Å²) in [5, 5.41) is 5.86. The van der Waals surface area contributed by atoms with Gasteiger partial charge in [-0.15, -0.1) is 0 Å². The van der Waals surface area contributed by atoms with Gasteiger partial charge in [-0.2, -0.15) is 0 Å². The highest BCUT2D eigenvalue weighted by molar-refractivity contribution is 7.89. The lowest BCUT2D eigenvalue weighted by Crippen LogP contribution is -2.28. The van der Waals surface area contributed by atoms with Gasteiger partial charge in [-0.05, 0) is 49.2 Å². The number of halogens is 1. The van der Waals surface area contributed by atoms with Crippen LogP contribution in [0.5, 0.6) is 0 Å². The molecule has 2 aromatic rings. The zero-order valence-electron chi connectivity index (χ0n) is 14.9. The first-order chi connectivity index (χ1) is 13.3. The third kappa shape index (κ3) is 5.79. The van der Waals surface area contributed by atoms with Crippen LogP contribution in [-0.4, -0.2) is 32.8 Å². The van der Waals surface area contributed by atoms with E-state index in [1.807, 2.05) is 0 Å². The van der Waals surface area contributed by atoms with Crippen molar-refractivity contribution in [2.45, 2.75) is 30.2 Å². The molecule has 2 aromatic carbocycles. The van der Waals surface area contributed by atoms with Gasteiger partial charge in [0.25, 0.3) is 5.91 Å². The fraction of sp³-hybridized carbons (Fsp3) is 0.263. The van der Waals surface area contributed by atoms with Crippen LogP contribution in [0.1, 0.15) is 29.6 Å². The van der Waals surface area contributed by atoms with Crippen molar-refractivity contribution >= 4 is 39.1 Å². The molecule has 3 rings (SSSR count). The maximum absolute atomic E-state index is 12.2. The van der Waals surface area contributed by atoms with E-state index in [1.54, 1.807) is 30.3 Å². The lowest BCUT2D eigenvalue weighted by molar-refractivity contribution is -0.116. The molecular weight excluding hydrogens is 402 g/mol. The second-order valence-electron chi connectivity index (χ2n) is 6.48. The van der Waals surface area contributed by atoms with E-state index in [0.717, 1.165) is 12.8 Å². The van der Waals surface area contributed by atoms with E-state index in [2.05, 4.69) is 15.4 Å². The van der Waals surface area contributed by atoms with Gasteiger partial charge in [0, 0.05) is 35.3 Å². The van der Waals surface area contributed by atoms with Crippen LogP contribution in [0, 0.1) is 0 Å². The molecule has 0 unspecified atom stereocenters. The zero-order chi connectivity index (χ0) is 20.1. The number of anilines is 1. The third-order valence-corrected chi connectivity index (χ3v) is 5.77. The highest BCUT2D eigenvalue weighted by atomic mass is 35.5. The Morgan fingerprint density at radius 2 is 1.82 bits per heavy atom. The lowest BCUT2D eigenvalue weighted by Gasteiger charge is -2.09. The second-order valence-corrected chi connectivity index (χ2v) is 8.69. The van der Waals surface area contributed by atoms with Crippen LogP contribution in [-0.2, 0) is 14.8 Å². The molecule has 1 saturated carbocycles. The van der Waals surface area contributed by atoms with Gasteiger partial charge < -0.3 is 10.6 Å². The Kier molecular flexibility index (Phi) is 6.33. The van der Waals surface area contributed by atoms with Gasteiger partial charge in [0.15, 0.2) is 0 Å². The minimum absolute atomic E-state index is 0.0368. The molecule has 1 aliphatic rings. The monoisotopic (exact) mass is 421 g/mol. The summed E-state index contributed by atoms with van der Waals surface area (Å²) in [7, 11) is -3.74. The predicted molar refractivity (Wildman–Crippen MR) is 107 cm³/mol. The van der Waals surface area contributed by atoms with Crippen molar-refractivity contribution in [3.05, 3.63) is 59.1 Å². The number of benzene rings is 2. The molecular formula is C19H20ClN3O4S.